The van der Waals surface area contributed by atoms with Crippen molar-refractivity contribution in [1.82, 2.24) is 0 Å². The van der Waals surface area contributed by atoms with E-state index < -0.39 is 10.4 Å². The molecular formula is C13H27NaO4S. The molecule has 0 heterocycles. The topological polar surface area (TPSA) is 66.4 Å². The van der Waals surface area contributed by atoms with Crippen LogP contribution in [0, 0.1) is 5.92 Å². The van der Waals surface area contributed by atoms with Gasteiger partial charge in [0.1, 0.15) is 0 Å². The molecule has 0 fully saturated rings. The van der Waals surface area contributed by atoms with Crippen molar-refractivity contribution in [3.8, 4) is 0 Å². The summed E-state index contributed by atoms with van der Waals surface area (Å²) in [7, 11) is -4.50. The summed E-state index contributed by atoms with van der Waals surface area (Å²) in [5.74, 6) is 0.578. The molecule has 0 rings (SSSR count). The van der Waals surface area contributed by atoms with E-state index in [4.69, 9.17) is 0 Å². The minimum atomic E-state index is -4.50. The fourth-order valence-corrected chi connectivity index (χ4v) is 2.33. The molecular weight excluding hydrogens is 275 g/mol. The van der Waals surface area contributed by atoms with E-state index in [9.17, 15) is 13.0 Å². The Morgan fingerprint density at radius 1 is 1.00 bits per heavy atom. The smallest absolute Gasteiger partial charge is 0.726 e. The molecule has 0 aliphatic rings. The molecule has 0 bridgehead atoms. The fraction of sp³-hybridized carbons (Fsp3) is 1.00. The summed E-state index contributed by atoms with van der Waals surface area (Å²) in [4.78, 5) is 0. The average Bonchev–Trinajstić information content (AvgIpc) is 2.28. The maximum atomic E-state index is 10.2. The largest absolute Gasteiger partial charge is 1.00 e. The molecule has 0 aromatic rings. The molecule has 0 radical (unpaired) electrons. The monoisotopic (exact) mass is 302 g/mol. The minimum Gasteiger partial charge on any atom is -0.726 e. The van der Waals surface area contributed by atoms with Gasteiger partial charge in [0.2, 0.25) is 10.4 Å². The second-order valence-electron chi connectivity index (χ2n) is 5.03. The summed E-state index contributed by atoms with van der Waals surface area (Å²) >= 11 is 0. The van der Waals surface area contributed by atoms with Crippen molar-refractivity contribution >= 4 is 10.4 Å². The van der Waals surface area contributed by atoms with Crippen LogP contribution in [0.1, 0.15) is 71.6 Å². The van der Waals surface area contributed by atoms with Gasteiger partial charge in [-0.2, -0.15) is 0 Å². The van der Waals surface area contributed by atoms with Crippen molar-refractivity contribution in [2.24, 2.45) is 5.92 Å². The van der Waals surface area contributed by atoms with Crippen LogP contribution < -0.4 is 29.6 Å². The molecule has 4 nitrogen and oxygen atoms in total. The zero-order valence-corrected chi connectivity index (χ0v) is 15.5. The van der Waals surface area contributed by atoms with Gasteiger partial charge in [-0.25, -0.2) is 8.42 Å². The van der Waals surface area contributed by atoms with Gasteiger partial charge in [0.25, 0.3) is 0 Å². The molecule has 0 amide bonds. The average molecular weight is 302 g/mol. The Hall–Kier alpha value is 0.870. The normalized spacial score (nSPS) is 13.0. The first-order valence-electron chi connectivity index (χ1n) is 7.06. The molecule has 6 heteroatoms. The van der Waals surface area contributed by atoms with Gasteiger partial charge in [-0.1, -0.05) is 58.8 Å². The summed E-state index contributed by atoms with van der Waals surface area (Å²) in [5, 5.41) is 0. The predicted octanol–water partition coefficient (Wildman–Crippen LogP) is 0.634. The van der Waals surface area contributed by atoms with Crippen molar-refractivity contribution in [2.45, 2.75) is 71.6 Å². The Kier molecular flexibility index (Phi) is 16.1. The van der Waals surface area contributed by atoms with E-state index in [-0.39, 0.29) is 36.2 Å². The number of unbranched alkanes of at least 4 members (excludes halogenated alkanes) is 5. The molecule has 0 saturated heterocycles. The first kappa shape index (κ1) is 22.2. The van der Waals surface area contributed by atoms with Crippen molar-refractivity contribution in [2.75, 3.05) is 6.61 Å². The van der Waals surface area contributed by atoms with E-state index in [2.05, 4.69) is 18.0 Å². The van der Waals surface area contributed by atoms with E-state index in [0.717, 1.165) is 6.42 Å². The van der Waals surface area contributed by atoms with Crippen molar-refractivity contribution in [1.29, 1.82) is 0 Å². The van der Waals surface area contributed by atoms with Crippen LogP contribution in [0.25, 0.3) is 0 Å². The van der Waals surface area contributed by atoms with E-state index >= 15 is 0 Å². The second-order valence-corrected chi connectivity index (χ2v) is 6.09. The zero-order chi connectivity index (χ0) is 13.9. The van der Waals surface area contributed by atoms with Gasteiger partial charge in [0, 0.05) is 0 Å². The Morgan fingerprint density at radius 3 is 2.11 bits per heavy atom. The Balaban J connectivity index is 0. The summed E-state index contributed by atoms with van der Waals surface area (Å²) in [6.45, 7) is 4.40. The van der Waals surface area contributed by atoms with Gasteiger partial charge in [0.15, 0.2) is 0 Å². The number of hydrogen-bond acceptors (Lipinski definition) is 4. The Bertz CT molecular complexity index is 280. The third kappa shape index (κ3) is 18.9. The molecule has 0 aliphatic carbocycles. The first-order chi connectivity index (χ1) is 8.45. The number of rotatable bonds is 12. The van der Waals surface area contributed by atoms with Crippen LogP contribution in [0.3, 0.4) is 0 Å². The predicted molar refractivity (Wildman–Crippen MR) is 72.0 cm³/mol. The molecule has 1 atom stereocenters. The summed E-state index contributed by atoms with van der Waals surface area (Å²) in [5.41, 5.74) is 0. The van der Waals surface area contributed by atoms with Crippen LogP contribution in [-0.2, 0) is 14.6 Å². The maximum Gasteiger partial charge on any atom is 1.00 e. The van der Waals surface area contributed by atoms with Crippen LogP contribution in [-0.4, -0.2) is 19.6 Å². The Morgan fingerprint density at radius 2 is 1.53 bits per heavy atom. The van der Waals surface area contributed by atoms with Gasteiger partial charge in [-0.05, 0) is 18.8 Å². The quantitative estimate of drug-likeness (QED) is 0.230. The molecule has 0 spiro atoms. The third-order valence-corrected chi connectivity index (χ3v) is 3.57. The fourth-order valence-electron chi connectivity index (χ4n) is 2.01. The van der Waals surface area contributed by atoms with Crippen molar-refractivity contribution < 1.29 is 46.7 Å². The summed E-state index contributed by atoms with van der Waals surface area (Å²) in [6, 6.07) is 0. The van der Waals surface area contributed by atoms with Crippen molar-refractivity contribution in [3.05, 3.63) is 0 Å². The molecule has 19 heavy (non-hydrogen) atoms. The standard InChI is InChI=1S/C13H28O4S.Na/c1-3-4-5-6-7-8-10-13(2)11-9-12-17-18(14,15)16;/h13H,3-12H2,1-2H3,(H,14,15,16);/q;+1/p-1. The maximum absolute atomic E-state index is 10.2. The molecule has 0 N–H and O–H groups in total. The van der Waals surface area contributed by atoms with E-state index in [1.165, 1.54) is 44.9 Å². The van der Waals surface area contributed by atoms with E-state index in [1.807, 2.05) is 0 Å². The van der Waals surface area contributed by atoms with Crippen LogP contribution in [0.5, 0.6) is 0 Å². The molecule has 0 aliphatic heterocycles. The molecule has 110 valence electrons. The van der Waals surface area contributed by atoms with Gasteiger partial charge in [-0.15, -0.1) is 0 Å². The SMILES string of the molecule is CCCCCCCCC(C)CCCOS(=O)(=O)[O-].[Na+]. The summed E-state index contributed by atoms with van der Waals surface area (Å²) in [6.07, 6.45) is 10.5. The van der Waals surface area contributed by atoms with Gasteiger partial charge < -0.3 is 4.55 Å². The van der Waals surface area contributed by atoms with Gasteiger partial charge in [-0.3, -0.25) is 4.18 Å². The molecule has 0 aromatic carbocycles. The van der Waals surface area contributed by atoms with Gasteiger partial charge in [0.05, 0.1) is 6.61 Å². The summed E-state index contributed by atoms with van der Waals surface area (Å²) < 4.78 is 34.8. The van der Waals surface area contributed by atoms with Crippen LogP contribution in [0.4, 0.5) is 0 Å². The van der Waals surface area contributed by atoms with Crippen LogP contribution in [0.15, 0.2) is 0 Å². The van der Waals surface area contributed by atoms with Crippen molar-refractivity contribution in [3.63, 3.8) is 0 Å². The number of hydrogen-bond donors (Lipinski definition) is 0. The zero-order valence-electron chi connectivity index (χ0n) is 12.7. The van der Waals surface area contributed by atoms with E-state index in [1.54, 1.807) is 0 Å². The second kappa shape index (κ2) is 13.8. The van der Waals surface area contributed by atoms with Crippen LogP contribution in [0.2, 0.25) is 0 Å². The third-order valence-electron chi connectivity index (χ3n) is 3.12. The van der Waals surface area contributed by atoms with E-state index in [0.29, 0.717) is 12.3 Å². The first-order valence-corrected chi connectivity index (χ1v) is 8.39. The molecule has 0 saturated carbocycles. The van der Waals surface area contributed by atoms with Crippen LogP contribution >= 0.6 is 0 Å². The molecule has 1 unspecified atom stereocenters. The van der Waals surface area contributed by atoms with Gasteiger partial charge >= 0.3 is 29.6 Å². The Labute approximate surface area is 140 Å². The molecule has 0 aromatic heterocycles. The minimum absolute atomic E-state index is 0.